The quantitative estimate of drug-likeness (QED) is 0.670. The fourth-order valence-electron chi connectivity index (χ4n) is 1.86. The van der Waals surface area contributed by atoms with Gasteiger partial charge in [-0.2, -0.15) is 13.2 Å². The lowest BCUT2D eigenvalue weighted by molar-refractivity contribution is -0.132. The molecule has 130 valence electrons. The zero-order valence-corrected chi connectivity index (χ0v) is 12.9. The van der Waals surface area contributed by atoms with Gasteiger partial charge in [0.15, 0.2) is 0 Å². The molecule has 0 spiro atoms. The summed E-state index contributed by atoms with van der Waals surface area (Å²) >= 11 is 0. The maximum absolute atomic E-state index is 12.2. The molecule has 1 aromatic rings. The van der Waals surface area contributed by atoms with Gasteiger partial charge in [-0.15, -0.1) is 0 Å². The number of alkyl carbamates (subject to hydrolysis) is 1. The highest BCUT2D eigenvalue weighted by Gasteiger charge is 2.31. The van der Waals surface area contributed by atoms with E-state index in [4.69, 9.17) is 4.74 Å². The lowest BCUT2D eigenvalue weighted by atomic mass is 10.0. The molecule has 0 aliphatic heterocycles. The summed E-state index contributed by atoms with van der Waals surface area (Å²) in [7, 11) is 0. The van der Waals surface area contributed by atoms with Crippen molar-refractivity contribution in [3.8, 4) is 0 Å². The van der Waals surface area contributed by atoms with Crippen molar-refractivity contribution in [2.24, 2.45) is 5.92 Å². The number of ether oxygens (including phenoxy) is 1. The number of benzene rings is 1. The Kier molecular flexibility index (Phi) is 7.31. The van der Waals surface area contributed by atoms with Gasteiger partial charge in [-0.1, -0.05) is 44.2 Å². The van der Waals surface area contributed by atoms with E-state index in [0.29, 0.717) is 0 Å². The molecule has 1 amide bonds. The third-order valence-electron chi connectivity index (χ3n) is 3.07. The van der Waals surface area contributed by atoms with E-state index < -0.39 is 31.1 Å². The number of halogens is 3. The molecule has 0 saturated heterocycles. The first-order valence-corrected chi connectivity index (χ1v) is 7.14. The molecule has 0 aliphatic rings. The number of hydrogen-bond acceptors (Lipinski definition) is 4. The van der Waals surface area contributed by atoms with Crippen LogP contribution in [0.3, 0.4) is 0 Å². The highest BCUT2D eigenvalue weighted by molar-refractivity contribution is 5.67. The molecule has 0 radical (unpaired) electrons. The molecule has 1 rings (SSSR count). The van der Waals surface area contributed by atoms with Crippen LogP contribution in [0.25, 0.3) is 0 Å². The summed E-state index contributed by atoms with van der Waals surface area (Å²) in [6, 6.07) is 8.03. The number of aliphatic hydroxyl groups excluding tert-OH is 1. The minimum Gasteiger partial charge on any atom is -0.445 e. The maximum Gasteiger partial charge on any atom is 0.407 e. The summed E-state index contributed by atoms with van der Waals surface area (Å²) in [5.41, 5.74) is 0.777. The molecule has 23 heavy (non-hydrogen) atoms. The Morgan fingerprint density at radius 3 is 2.39 bits per heavy atom. The third-order valence-corrected chi connectivity index (χ3v) is 3.07. The Balaban J connectivity index is 2.49. The number of alkyl halides is 3. The number of nitrogens with one attached hydrogen (secondary N) is 2. The van der Waals surface area contributed by atoms with Crippen LogP contribution in [0, 0.1) is 5.92 Å². The molecule has 2 atom stereocenters. The van der Waals surface area contributed by atoms with Crippen LogP contribution in [0.4, 0.5) is 18.0 Å². The molecule has 3 N–H and O–H groups in total. The number of aliphatic hydroxyl groups is 1. The molecule has 0 fully saturated rings. The van der Waals surface area contributed by atoms with E-state index in [2.05, 4.69) is 5.32 Å². The number of hydrogen-bond donors (Lipinski definition) is 3. The molecule has 0 aliphatic carbocycles. The van der Waals surface area contributed by atoms with Gasteiger partial charge < -0.3 is 15.2 Å². The summed E-state index contributed by atoms with van der Waals surface area (Å²) < 4.78 is 41.5. The van der Waals surface area contributed by atoms with E-state index in [-0.39, 0.29) is 12.5 Å². The van der Waals surface area contributed by atoms with Crippen LogP contribution in [-0.2, 0) is 11.3 Å². The van der Waals surface area contributed by atoms with Gasteiger partial charge in [-0.3, -0.25) is 5.32 Å². The minimum absolute atomic E-state index is 0.0313. The molecular formula is C15H21F3N2O3. The van der Waals surface area contributed by atoms with Crippen molar-refractivity contribution in [2.45, 2.75) is 38.9 Å². The standard InChI is InChI=1S/C15H21F3N2O3/c1-10(2)12(13(21)19-9-15(16,17)18)20-14(22)23-8-11-6-4-3-5-7-11/h3-7,10,12-13,19,21H,8-9H2,1-2H3,(H,20,22)/t12-,13?/m1/s1. The lowest BCUT2D eigenvalue weighted by Gasteiger charge is -2.28. The van der Waals surface area contributed by atoms with Gasteiger partial charge in [0.05, 0.1) is 12.6 Å². The molecule has 8 heteroatoms. The Hall–Kier alpha value is -1.80. The van der Waals surface area contributed by atoms with Crippen LogP contribution in [0.2, 0.25) is 0 Å². The molecule has 0 heterocycles. The van der Waals surface area contributed by atoms with Gasteiger partial charge in [-0.25, -0.2) is 4.79 Å². The summed E-state index contributed by atoms with van der Waals surface area (Å²) in [6.07, 6.45) is -6.79. The molecule has 1 unspecified atom stereocenters. The smallest absolute Gasteiger partial charge is 0.407 e. The van der Waals surface area contributed by atoms with E-state index in [0.717, 1.165) is 5.56 Å². The Labute approximate surface area is 132 Å². The van der Waals surface area contributed by atoms with Crippen molar-refractivity contribution >= 4 is 6.09 Å². The van der Waals surface area contributed by atoms with E-state index in [1.807, 2.05) is 11.4 Å². The van der Waals surface area contributed by atoms with Crippen LogP contribution >= 0.6 is 0 Å². The second kappa shape index (κ2) is 8.73. The third kappa shape index (κ3) is 7.85. The van der Waals surface area contributed by atoms with Crippen molar-refractivity contribution < 1.29 is 27.8 Å². The predicted octanol–water partition coefficient (Wildman–Crippen LogP) is 2.41. The first-order valence-electron chi connectivity index (χ1n) is 7.14. The van der Waals surface area contributed by atoms with Gasteiger partial charge in [0.25, 0.3) is 0 Å². The van der Waals surface area contributed by atoms with Crippen molar-refractivity contribution in [3.05, 3.63) is 35.9 Å². The SMILES string of the molecule is CC(C)[C@@H](NC(=O)OCc1ccccc1)C(O)NCC(F)(F)F. The second-order valence-corrected chi connectivity index (χ2v) is 5.42. The van der Waals surface area contributed by atoms with Gasteiger partial charge in [0.2, 0.25) is 0 Å². The van der Waals surface area contributed by atoms with Crippen LogP contribution in [0.1, 0.15) is 19.4 Å². The van der Waals surface area contributed by atoms with E-state index in [9.17, 15) is 23.1 Å². The minimum atomic E-state index is -4.45. The first-order chi connectivity index (χ1) is 10.7. The predicted molar refractivity (Wildman–Crippen MR) is 78.5 cm³/mol. The average molecular weight is 334 g/mol. The first kappa shape index (κ1) is 19.2. The van der Waals surface area contributed by atoms with E-state index >= 15 is 0 Å². The molecular weight excluding hydrogens is 313 g/mol. The average Bonchev–Trinajstić information content (AvgIpc) is 2.48. The molecule has 0 saturated carbocycles. The van der Waals surface area contributed by atoms with Crippen molar-refractivity contribution in [1.82, 2.24) is 10.6 Å². The van der Waals surface area contributed by atoms with Gasteiger partial charge >= 0.3 is 12.3 Å². The van der Waals surface area contributed by atoms with Gasteiger partial charge in [0.1, 0.15) is 12.8 Å². The Morgan fingerprint density at radius 2 is 1.87 bits per heavy atom. The maximum atomic E-state index is 12.2. The normalized spacial score (nSPS) is 14.4. The fourth-order valence-corrected chi connectivity index (χ4v) is 1.86. The zero-order valence-electron chi connectivity index (χ0n) is 12.9. The van der Waals surface area contributed by atoms with Crippen molar-refractivity contribution in [3.63, 3.8) is 0 Å². The van der Waals surface area contributed by atoms with Crippen LogP contribution < -0.4 is 10.6 Å². The Morgan fingerprint density at radius 1 is 1.26 bits per heavy atom. The zero-order chi connectivity index (χ0) is 17.5. The van der Waals surface area contributed by atoms with Crippen LogP contribution in [0.5, 0.6) is 0 Å². The van der Waals surface area contributed by atoms with Crippen molar-refractivity contribution in [2.75, 3.05) is 6.54 Å². The second-order valence-electron chi connectivity index (χ2n) is 5.42. The number of amides is 1. The topological polar surface area (TPSA) is 70.6 Å². The largest absolute Gasteiger partial charge is 0.445 e. The molecule has 0 aromatic heterocycles. The molecule has 0 bridgehead atoms. The van der Waals surface area contributed by atoms with E-state index in [1.165, 1.54) is 0 Å². The monoisotopic (exact) mass is 334 g/mol. The van der Waals surface area contributed by atoms with Gasteiger partial charge in [-0.05, 0) is 11.5 Å². The summed E-state index contributed by atoms with van der Waals surface area (Å²) in [5.74, 6) is -0.296. The summed E-state index contributed by atoms with van der Waals surface area (Å²) in [5, 5.41) is 14.1. The number of rotatable bonds is 7. The van der Waals surface area contributed by atoms with Crippen LogP contribution in [0.15, 0.2) is 30.3 Å². The lowest BCUT2D eigenvalue weighted by Crippen LogP contribution is -2.54. The van der Waals surface area contributed by atoms with E-state index in [1.54, 1.807) is 38.1 Å². The van der Waals surface area contributed by atoms with Gasteiger partial charge in [0, 0.05) is 0 Å². The highest BCUT2D eigenvalue weighted by Crippen LogP contribution is 2.14. The molecule has 5 nitrogen and oxygen atoms in total. The summed E-state index contributed by atoms with van der Waals surface area (Å²) in [4.78, 5) is 11.7. The Bertz CT molecular complexity index is 481. The fraction of sp³-hybridized carbons (Fsp3) is 0.533. The van der Waals surface area contributed by atoms with Crippen molar-refractivity contribution in [1.29, 1.82) is 0 Å². The number of carbonyl (C=O) groups excluding carboxylic acids is 1. The summed E-state index contributed by atoms with van der Waals surface area (Å²) in [6.45, 7) is 2.02. The van der Waals surface area contributed by atoms with Crippen LogP contribution in [-0.4, -0.2) is 36.2 Å². The molecule has 1 aromatic carbocycles. The highest BCUT2D eigenvalue weighted by atomic mass is 19.4. The number of carbonyl (C=O) groups is 1.